The van der Waals surface area contributed by atoms with E-state index in [-0.39, 0.29) is 11.6 Å². The molecular formula is C26H33N3O2. The normalized spacial score (nSPS) is 22.7. The molecule has 0 radical (unpaired) electrons. The van der Waals surface area contributed by atoms with E-state index in [1.807, 2.05) is 19.2 Å². The standard InChI is InChI=1S/C26H33N3O2/c1-27-26(14-7-4-8-15-26)16-13-21-11-12-25(29-18-23(30)24(19-29)31-2)28-22(21)17-20-9-5-3-6-10-20/h3,5-6,9-12,23-24,27,30H,4,7-8,14-15,17-19H2,1-2H3. The number of aromatic nitrogens is 1. The van der Waals surface area contributed by atoms with Gasteiger partial charge in [-0.3, -0.25) is 0 Å². The Hall–Kier alpha value is -2.39. The maximum absolute atomic E-state index is 10.2. The molecular weight excluding hydrogens is 386 g/mol. The van der Waals surface area contributed by atoms with E-state index in [1.165, 1.54) is 24.8 Å². The molecule has 2 N–H and O–H groups in total. The molecule has 1 aliphatic carbocycles. The second kappa shape index (κ2) is 9.82. The van der Waals surface area contributed by atoms with Gasteiger partial charge in [-0.2, -0.15) is 0 Å². The van der Waals surface area contributed by atoms with Gasteiger partial charge in [-0.25, -0.2) is 4.98 Å². The van der Waals surface area contributed by atoms with E-state index in [9.17, 15) is 5.11 Å². The van der Waals surface area contributed by atoms with Crippen LogP contribution in [-0.4, -0.2) is 55.1 Å². The van der Waals surface area contributed by atoms with Gasteiger partial charge in [0.1, 0.15) is 11.9 Å². The molecule has 1 aromatic carbocycles. The summed E-state index contributed by atoms with van der Waals surface area (Å²) < 4.78 is 5.41. The van der Waals surface area contributed by atoms with Crippen LogP contribution in [0.1, 0.15) is 48.9 Å². The zero-order chi connectivity index (χ0) is 21.7. The molecule has 5 nitrogen and oxygen atoms in total. The molecule has 164 valence electrons. The van der Waals surface area contributed by atoms with Crippen LogP contribution >= 0.6 is 0 Å². The fraction of sp³-hybridized carbons (Fsp3) is 0.500. The molecule has 2 unspecified atom stereocenters. The lowest BCUT2D eigenvalue weighted by Gasteiger charge is -2.32. The highest BCUT2D eigenvalue weighted by Gasteiger charge is 2.32. The van der Waals surface area contributed by atoms with Crippen LogP contribution in [0.2, 0.25) is 0 Å². The first-order chi connectivity index (χ1) is 15.1. The van der Waals surface area contributed by atoms with E-state index in [1.54, 1.807) is 7.11 Å². The fourth-order valence-corrected chi connectivity index (χ4v) is 4.66. The fourth-order valence-electron chi connectivity index (χ4n) is 4.66. The Kier molecular flexibility index (Phi) is 6.92. The number of aliphatic hydroxyl groups is 1. The Labute approximate surface area is 185 Å². The number of pyridine rings is 1. The van der Waals surface area contributed by atoms with Crippen LogP contribution in [0.15, 0.2) is 42.5 Å². The second-order valence-corrected chi connectivity index (χ2v) is 8.72. The quantitative estimate of drug-likeness (QED) is 0.730. The third kappa shape index (κ3) is 5.10. The maximum Gasteiger partial charge on any atom is 0.129 e. The van der Waals surface area contributed by atoms with Crippen molar-refractivity contribution in [3.8, 4) is 11.8 Å². The molecule has 2 aliphatic rings. The third-order valence-corrected chi connectivity index (χ3v) is 6.66. The minimum Gasteiger partial charge on any atom is -0.388 e. The van der Waals surface area contributed by atoms with Crippen molar-refractivity contribution in [2.75, 3.05) is 32.1 Å². The summed E-state index contributed by atoms with van der Waals surface area (Å²) in [4.78, 5) is 7.10. The van der Waals surface area contributed by atoms with Crippen molar-refractivity contribution in [2.45, 2.75) is 56.3 Å². The van der Waals surface area contributed by atoms with Gasteiger partial charge in [-0.1, -0.05) is 61.4 Å². The number of benzene rings is 1. The number of rotatable bonds is 5. The van der Waals surface area contributed by atoms with E-state index in [0.29, 0.717) is 13.1 Å². The maximum atomic E-state index is 10.2. The van der Waals surface area contributed by atoms with Crippen LogP contribution in [0.3, 0.4) is 0 Å². The van der Waals surface area contributed by atoms with Gasteiger partial charge in [0, 0.05) is 32.2 Å². The lowest BCUT2D eigenvalue weighted by Crippen LogP contribution is -2.43. The molecule has 1 saturated heterocycles. The van der Waals surface area contributed by atoms with E-state index in [4.69, 9.17) is 9.72 Å². The first-order valence-corrected chi connectivity index (χ1v) is 11.3. The van der Waals surface area contributed by atoms with E-state index < -0.39 is 6.10 Å². The summed E-state index contributed by atoms with van der Waals surface area (Å²) in [5, 5.41) is 13.7. The zero-order valence-electron chi connectivity index (χ0n) is 18.6. The average molecular weight is 420 g/mol. The highest BCUT2D eigenvalue weighted by Crippen LogP contribution is 2.28. The summed E-state index contributed by atoms with van der Waals surface area (Å²) >= 11 is 0. The molecule has 31 heavy (non-hydrogen) atoms. The van der Waals surface area contributed by atoms with Gasteiger partial charge in [0.25, 0.3) is 0 Å². The van der Waals surface area contributed by atoms with Crippen LogP contribution in [0.25, 0.3) is 0 Å². The van der Waals surface area contributed by atoms with E-state index in [0.717, 1.165) is 36.3 Å². The zero-order valence-corrected chi connectivity index (χ0v) is 18.6. The molecule has 0 bridgehead atoms. The first-order valence-electron chi connectivity index (χ1n) is 11.3. The van der Waals surface area contributed by atoms with Crippen LogP contribution in [0, 0.1) is 11.8 Å². The Morgan fingerprint density at radius 2 is 1.90 bits per heavy atom. The highest BCUT2D eigenvalue weighted by molar-refractivity contribution is 5.50. The topological polar surface area (TPSA) is 57.6 Å². The molecule has 2 heterocycles. The number of nitrogens with one attached hydrogen (secondary N) is 1. The summed E-state index contributed by atoms with van der Waals surface area (Å²) in [5.74, 6) is 7.91. The van der Waals surface area contributed by atoms with E-state index >= 15 is 0 Å². The van der Waals surface area contributed by atoms with Gasteiger partial charge in [-0.05, 0) is 37.6 Å². The minimum absolute atomic E-state index is 0.0916. The predicted molar refractivity (Wildman–Crippen MR) is 124 cm³/mol. The Bertz CT molecular complexity index is 929. The number of β-amino-alcohol motifs (C(OH)–C–C–N with tert-alkyl or cyclic N) is 1. The smallest absolute Gasteiger partial charge is 0.129 e. The van der Waals surface area contributed by atoms with Gasteiger partial charge >= 0.3 is 0 Å². The number of hydrogen-bond acceptors (Lipinski definition) is 5. The third-order valence-electron chi connectivity index (χ3n) is 6.66. The Morgan fingerprint density at radius 3 is 2.58 bits per heavy atom. The number of hydrogen-bond donors (Lipinski definition) is 2. The summed E-state index contributed by atoms with van der Waals surface area (Å²) in [7, 11) is 3.67. The lowest BCUT2D eigenvalue weighted by atomic mass is 9.82. The van der Waals surface area contributed by atoms with Crippen molar-refractivity contribution >= 4 is 5.82 Å². The number of anilines is 1. The van der Waals surface area contributed by atoms with Gasteiger partial charge < -0.3 is 20.1 Å². The summed E-state index contributed by atoms with van der Waals surface area (Å²) in [6.07, 6.45) is 6.00. The lowest BCUT2D eigenvalue weighted by molar-refractivity contribution is 0.0217. The molecule has 1 aromatic heterocycles. The SMILES string of the molecule is CNC1(C#Cc2ccc(N3CC(O)C(OC)C3)nc2Cc2ccccc2)CCCCC1. The number of ether oxygens (including phenoxy) is 1. The Morgan fingerprint density at radius 1 is 1.13 bits per heavy atom. The van der Waals surface area contributed by atoms with Gasteiger partial charge in [-0.15, -0.1) is 0 Å². The highest BCUT2D eigenvalue weighted by atomic mass is 16.5. The molecule has 0 spiro atoms. The van der Waals surface area contributed by atoms with Gasteiger partial charge in [0.15, 0.2) is 0 Å². The predicted octanol–water partition coefficient (Wildman–Crippen LogP) is 3.14. The number of methoxy groups -OCH3 is 1. The second-order valence-electron chi connectivity index (χ2n) is 8.72. The molecule has 1 aliphatic heterocycles. The summed E-state index contributed by atoms with van der Waals surface area (Å²) in [5.41, 5.74) is 3.09. The van der Waals surface area contributed by atoms with Crippen molar-refractivity contribution < 1.29 is 9.84 Å². The van der Waals surface area contributed by atoms with Crippen molar-refractivity contribution in [1.82, 2.24) is 10.3 Å². The van der Waals surface area contributed by atoms with E-state index in [2.05, 4.69) is 52.4 Å². The van der Waals surface area contributed by atoms with Gasteiger partial charge in [0.2, 0.25) is 0 Å². The molecule has 2 fully saturated rings. The van der Waals surface area contributed by atoms with Crippen molar-refractivity contribution in [1.29, 1.82) is 0 Å². The van der Waals surface area contributed by atoms with Crippen LogP contribution < -0.4 is 10.2 Å². The summed E-state index contributed by atoms with van der Waals surface area (Å²) in [6, 6.07) is 14.5. The molecule has 0 amide bonds. The van der Waals surface area contributed by atoms with Crippen LogP contribution in [-0.2, 0) is 11.2 Å². The number of aliphatic hydroxyl groups excluding tert-OH is 1. The largest absolute Gasteiger partial charge is 0.388 e. The number of nitrogens with zero attached hydrogens (tertiary/aromatic N) is 2. The average Bonchev–Trinajstić information content (AvgIpc) is 3.20. The molecule has 2 aromatic rings. The van der Waals surface area contributed by atoms with Gasteiger partial charge in [0.05, 0.1) is 17.3 Å². The molecule has 1 saturated carbocycles. The van der Waals surface area contributed by atoms with Crippen molar-refractivity contribution in [3.05, 3.63) is 59.3 Å². The van der Waals surface area contributed by atoms with Crippen LogP contribution in [0.5, 0.6) is 0 Å². The monoisotopic (exact) mass is 419 g/mol. The first kappa shape index (κ1) is 21.8. The minimum atomic E-state index is -0.495. The van der Waals surface area contributed by atoms with Crippen LogP contribution in [0.4, 0.5) is 5.82 Å². The Balaban J connectivity index is 1.65. The van der Waals surface area contributed by atoms with Crippen molar-refractivity contribution in [2.24, 2.45) is 0 Å². The molecule has 5 heteroatoms. The summed E-state index contributed by atoms with van der Waals surface area (Å²) in [6.45, 7) is 1.17. The molecule has 4 rings (SSSR count). The molecule has 2 atom stereocenters. The van der Waals surface area contributed by atoms with Crippen molar-refractivity contribution in [3.63, 3.8) is 0 Å².